The van der Waals surface area contributed by atoms with Crippen LogP contribution in [0.25, 0.3) is 88.0 Å². The number of benzene rings is 10. The molecule has 2 nitrogen and oxygen atoms in total. The quantitative estimate of drug-likeness (QED) is 0.162. The second kappa shape index (κ2) is 14.1. The SMILES string of the molecule is c1ccc(-c2ccc(-c3ccccc3N(c3ccc(-c4ccccc4)cc3)c3cccc4oc5c6ccccc6c(-c6ccc7ccccc7c6)cc5c34)cc2)cc1. The largest absolute Gasteiger partial charge is 0.455 e. The molecule has 1 heterocycles. The van der Waals surface area contributed by atoms with Gasteiger partial charge in [-0.1, -0.05) is 182 Å². The Morgan fingerprint density at radius 1 is 0.310 bits per heavy atom. The third-order valence-electron chi connectivity index (χ3n) is 11.5. The van der Waals surface area contributed by atoms with Crippen molar-refractivity contribution in [2.45, 2.75) is 0 Å². The maximum absolute atomic E-state index is 6.91. The van der Waals surface area contributed by atoms with Crippen LogP contribution in [0.2, 0.25) is 0 Å². The van der Waals surface area contributed by atoms with Gasteiger partial charge in [-0.15, -0.1) is 0 Å². The fourth-order valence-electron chi connectivity index (χ4n) is 8.64. The molecule has 0 fully saturated rings. The van der Waals surface area contributed by atoms with Gasteiger partial charge in [0.2, 0.25) is 0 Å². The number of fused-ring (bicyclic) bond motifs is 6. The highest BCUT2D eigenvalue weighted by atomic mass is 16.3. The second-order valence-corrected chi connectivity index (χ2v) is 14.9. The molecule has 0 amide bonds. The third-order valence-corrected chi connectivity index (χ3v) is 11.5. The second-order valence-electron chi connectivity index (χ2n) is 14.9. The van der Waals surface area contributed by atoms with Crippen molar-refractivity contribution >= 4 is 60.5 Å². The van der Waals surface area contributed by atoms with Gasteiger partial charge in [-0.2, -0.15) is 0 Å². The summed E-state index contributed by atoms with van der Waals surface area (Å²) in [5.74, 6) is 0. The van der Waals surface area contributed by atoms with E-state index in [9.17, 15) is 0 Å². The van der Waals surface area contributed by atoms with Crippen LogP contribution in [-0.4, -0.2) is 0 Å². The fourth-order valence-corrected chi connectivity index (χ4v) is 8.64. The van der Waals surface area contributed by atoms with Gasteiger partial charge in [-0.25, -0.2) is 0 Å². The monoisotopic (exact) mass is 739 g/mol. The Morgan fingerprint density at radius 3 is 1.60 bits per heavy atom. The minimum absolute atomic E-state index is 0.851. The molecule has 11 rings (SSSR count). The molecule has 0 aliphatic heterocycles. The van der Waals surface area contributed by atoms with E-state index < -0.39 is 0 Å². The molecule has 10 aromatic carbocycles. The highest BCUT2D eigenvalue weighted by Crippen LogP contribution is 2.48. The van der Waals surface area contributed by atoms with Crippen molar-refractivity contribution in [3.05, 3.63) is 224 Å². The highest BCUT2D eigenvalue weighted by Gasteiger charge is 2.24. The first-order chi connectivity index (χ1) is 28.8. The van der Waals surface area contributed by atoms with Gasteiger partial charge in [-0.3, -0.25) is 0 Å². The van der Waals surface area contributed by atoms with Gasteiger partial charge in [0, 0.05) is 22.0 Å². The molecular weight excluding hydrogens is 703 g/mol. The van der Waals surface area contributed by atoms with Crippen LogP contribution >= 0.6 is 0 Å². The van der Waals surface area contributed by atoms with E-state index in [1.54, 1.807) is 0 Å². The van der Waals surface area contributed by atoms with E-state index in [2.05, 4.69) is 229 Å². The van der Waals surface area contributed by atoms with E-state index in [-0.39, 0.29) is 0 Å². The minimum atomic E-state index is 0.851. The predicted octanol–water partition coefficient (Wildman–Crippen LogP) is 16.0. The lowest BCUT2D eigenvalue weighted by Gasteiger charge is -2.28. The van der Waals surface area contributed by atoms with Crippen LogP contribution < -0.4 is 4.90 Å². The van der Waals surface area contributed by atoms with Crippen LogP contribution in [0, 0.1) is 0 Å². The van der Waals surface area contributed by atoms with Gasteiger partial charge < -0.3 is 9.32 Å². The van der Waals surface area contributed by atoms with Gasteiger partial charge in [0.25, 0.3) is 0 Å². The van der Waals surface area contributed by atoms with Gasteiger partial charge in [0.15, 0.2) is 0 Å². The molecule has 2 heteroatoms. The lowest BCUT2D eigenvalue weighted by molar-refractivity contribution is 0.672. The van der Waals surface area contributed by atoms with E-state index in [1.165, 1.54) is 49.5 Å². The zero-order valence-electron chi connectivity index (χ0n) is 31.7. The minimum Gasteiger partial charge on any atom is -0.455 e. The predicted molar refractivity (Wildman–Crippen MR) is 245 cm³/mol. The van der Waals surface area contributed by atoms with E-state index in [0.717, 1.165) is 55.5 Å². The summed E-state index contributed by atoms with van der Waals surface area (Å²) in [6.07, 6.45) is 0. The molecule has 1 aromatic heterocycles. The van der Waals surface area contributed by atoms with Crippen LogP contribution in [-0.2, 0) is 0 Å². The molecule has 0 N–H and O–H groups in total. The average Bonchev–Trinajstić information content (AvgIpc) is 3.69. The molecule has 0 saturated heterocycles. The summed E-state index contributed by atoms with van der Waals surface area (Å²) in [7, 11) is 0. The topological polar surface area (TPSA) is 16.4 Å². The van der Waals surface area contributed by atoms with E-state index >= 15 is 0 Å². The van der Waals surface area contributed by atoms with E-state index in [1.807, 2.05) is 0 Å². The highest BCUT2D eigenvalue weighted by molar-refractivity contribution is 6.23. The van der Waals surface area contributed by atoms with E-state index in [0.29, 0.717) is 0 Å². The lowest BCUT2D eigenvalue weighted by Crippen LogP contribution is -2.11. The normalized spacial score (nSPS) is 11.4. The summed E-state index contributed by atoms with van der Waals surface area (Å²) < 4.78 is 6.91. The van der Waals surface area contributed by atoms with Crippen molar-refractivity contribution in [3.8, 4) is 44.5 Å². The molecule has 11 aromatic rings. The maximum Gasteiger partial charge on any atom is 0.143 e. The number of rotatable bonds is 7. The van der Waals surface area contributed by atoms with E-state index in [4.69, 9.17) is 4.42 Å². The zero-order valence-corrected chi connectivity index (χ0v) is 31.7. The number of para-hydroxylation sites is 1. The molecule has 0 unspecified atom stereocenters. The number of furan rings is 1. The Morgan fingerprint density at radius 2 is 0.862 bits per heavy atom. The summed E-state index contributed by atoms with van der Waals surface area (Å²) in [5.41, 5.74) is 14.4. The Kier molecular flexibility index (Phi) is 8.19. The van der Waals surface area contributed by atoms with Crippen molar-refractivity contribution in [1.29, 1.82) is 0 Å². The maximum atomic E-state index is 6.91. The standard InChI is InChI=1S/C56H37NO/c1-3-14-38(15-4-1)41-26-29-43(30-27-41)47-20-11-12-23-52(47)57(46-34-32-42(33-35-46)39-16-5-2-6-17-39)53-24-13-25-54-55(53)51-37-50(48-21-9-10-22-49(48)56(51)58-54)45-31-28-40-18-7-8-19-44(40)36-45/h1-37H. The third kappa shape index (κ3) is 5.82. The zero-order chi connectivity index (χ0) is 38.4. The summed E-state index contributed by atoms with van der Waals surface area (Å²) in [6, 6.07) is 80.6. The van der Waals surface area contributed by atoms with Crippen molar-refractivity contribution in [1.82, 2.24) is 0 Å². The van der Waals surface area contributed by atoms with Crippen LogP contribution in [0.4, 0.5) is 17.1 Å². The first-order valence-corrected chi connectivity index (χ1v) is 19.8. The molecule has 0 radical (unpaired) electrons. The Balaban J connectivity index is 1.15. The van der Waals surface area contributed by atoms with Crippen molar-refractivity contribution in [2.24, 2.45) is 0 Å². The number of hydrogen-bond acceptors (Lipinski definition) is 2. The van der Waals surface area contributed by atoms with Gasteiger partial charge in [0.05, 0.1) is 16.8 Å². The van der Waals surface area contributed by atoms with Crippen LogP contribution in [0.15, 0.2) is 229 Å². The van der Waals surface area contributed by atoms with Crippen LogP contribution in [0.3, 0.4) is 0 Å². The summed E-state index contributed by atoms with van der Waals surface area (Å²) >= 11 is 0. The number of anilines is 3. The average molecular weight is 740 g/mol. The van der Waals surface area contributed by atoms with Gasteiger partial charge in [0.1, 0.15) is 11.2 Å². The fraction of sp³-hybridized carbons (Fsp3) is 0. The van der Waals surface area contributed by atoms with Crippen molar-refractivity contribution in [3.63, 3.8) is 0 Å². The van der Waals surface area contributed by atoms with Gasteiger partial charge >= 0.3 is 0 Å². The smallest absolute Gasteiger partial charge is 0.143 e. The molecule has 272 valence electrons. The molecule has 0 bridgehead atoms. The van der Waals surface area contributed by atoms with Crippen LogP contribution in [0.5, 0.6) is 0 Å². The summed E-state index contributed by atoms with van der Waals surface area (Å²) in [5, 5.41) is 6.89. The molecule has 0 aliphatic carbocycles. The van der Waals surface area contributed by atoms with Crippen LogP contribution in [0.1, 0.15) is 0 Å². The first-order valence-electron chi connectivity index (χ1n) is 19.8. The molecule has 0 spiro atoms. The Hall–Kier alpha value is -7.68. The summed E-state index contributed by atoms with van der Waals surface area (Å²) in [6.45, 7) is 0. The first kappa shape index (κ1) is 33.6. The molecule has 0 atom stereocenters. The summed E-state index contributed by atoms with van der Waals surface area (Å²) in [4.78, 5) is 2.41. The lowest BCUT2D eigenvalue weighted by atomic mass is 9.93. The molecular formula is C56H37NO. The Labute approximate surface area is 337 Å². The van der Waals surface area contributed by atoms with Crippen molar-refractivity contribution in [2.75, 3.05) is 4.90 Å². The number of nitrogens with zero attached hydrogens (tertiary/aromatic N) is 1. The Bertz CT molecular complexity index is 3250. The van der Waals surface area contributed by atoms with Crippen molar-refractivity contribution < 1.29 is 4.42 Å². The van der Waals surface area contributed by atoms with Gasteiger partial charge in [-0.05, 0) is 97.6 Å². The number of hydrogen-bond donors (Lipinski definition) is 0. The molecule has 0 aliphatic rings. The molecule has 58 heavy (non-hydrogen) atoms. The molecule has 0 saturated carbocycles.